The van der Waals surface area contributed by atoms with Crippen LogP contribution in [-0.4, -0.2) is 19.2 Å². The highest BCUT2D eigenvalue weighted by Crippen LogP contribution is 2.28. The molecule has 0 saturated carbocycles. The van der Waals surface area contributed by atoms with Crippen LogP contribution >= 0.6 is 0 Å². The van der Waals surface area contributed by atoms with E-state index in [4.69, 9.17) is 0 Å². The fourth-order valence-corrected chi connectivity index (χ4v) is 1.31. The van der Waals surface area contributed by atoms with Crippen LogP contribution in [-0.2, 0) is 4.74 Å². The molecule has 0 saturated heterocycles. The third-order valence-corrected chi connectivity index (χ3v) is 2.27. The first-order chi connectivity index (χ1) is 9.38. The molecular weight excluding hydrogens is 287 g/mol. The Bertz CT molecular complexity index is 490. The molecule has 0 N–H and O–H groups in total. The molecule has 0 spiro atoms. The number of unbranched alkanes of at least 4 members (excludes halogenated alkanes) is 1. The minimum absolute atomic E-state index is 0.0483. The summed E-state index contributed by atoms with van der Waals surface area (Å²) in [7, 11) is 0. The van der Waals surface area contributed by atoms with Crippen molar-refractivity contribution in [2.24, 2.45) is 0 Å². The van der Waals surface area contributed by atoms with E-state index < -0.39 is 41.3 Å². The van der Waals surface area contributed by atoms with Crippen molar-refractivity contribution in [3.63, 3.8) is 0 Å². The van der Waals surface area contributed by atoms with E-state index >= 15 is 0 Å². The summed E-state index contributed by atoms with van der Waals surface area (Å²) in [5.41, 5.74) is -1.02. The van der Waals surface area contributed by atoms with Gasteiger partial charge in [-0.2, -0.15) is 13.2 Å². The number of benzene rings is 1. The van der Waals surface area contributed by atoms with Gasteiger partial charge in [0.2, 0.25) is 5.82 Å². The predicted molar refractivity (Wildman–Crippen MR) is 58.1 cm³/mol. The number of carbonyl (C=O) groups excluding carboxylic acids is 1. The van der Waals surface area contributed by atoms with Gasteiger partial charge in [0.1, 0.15) is 5.56 Å². The van der Waals surface area contributed by atoms with Crippen LogP contribution in [0.3, 0.4) is 0 Å². The van der Waals surface area contributed by atoms with E-state index in [0.29, 0.717) is 12.8 Å². The second-order valence-corrected chi connectivity index (χ2v) is 3.73. The maximum Gasteiger partial charge on any atom is 0.387 e. The van der Waals surface area contributed by atoms with Crippen LogP contribution in [0.15, 0.2) is 6.07 Å². The Morgan fingerprint density at radius 1 is 1.25 bits per heavy atom. The molecule has 0 atom stereocenters. The van der Waals surface area contributed by atoms with E-state index in [9.17, 15) is 26.7 Å². The van der Waals surface area contributed by atoms with Crippen molar-refractivity contribution in [1.82, 2.24) is 0 Å². The molecule has 0 radical (unpaired) electrons. The van der Waals surface area contributed by atoms with E-state index in [1.807, 2.05) is 6.92 Å². The number of esters is 1. The summed E-state index contributed by atoms with van der Waals surface area (Å²) in [5.74, 6) is -8.29. The SMILES string of the molecule is CCCCOC(=O)c1cc(F)c(OC(F)F)c(F)c1F. The van der Waals surface area contributed by atoms with Crippen LogP contribution < -0.4 is 4.74 Å². The van der Waals surface area contributed by atoms with E-state index in [-0.39, 0.29) is 12.7 Å². The largest absolute Gasteiger partial charge is 0.462 e. The summed E-state index contributed by atoms with van der Waals surface area (Å²) in [6.07, 6.45) is 1.19. The first-order valence-electron chi connectivity index (χ1n) is 5.67. The number of alkyl halides is 2. The van der Waals surface area contributed by atoms with Gasteiger partial charge in [-0.25, -0.2) is 13.6 Å². The normalized spacial score (nSPS) is 10.8. The summed E-state index contributed by atoms with van der Waals surface area (Å²) in [6.45, 7) is -1.77. The summed E-state index contributed by atoms with van der Waals surface area (Å²) < 4.78 is 72.1. The molecule has 0 aliphatic rings. The van der Waals surface area contributed by atoms with Crippen molar-refractivity contribution in [2.75, 3.05) is 6.61 Å². The molecule has 0 aromatic heterocycles. The molecule has 0 unspecified atom stereocenters. The van der Waals surface area contributed by atoms with Gasteiger partial charge in [0.05, 0.1) is 6.61 Å². The van der Waals surface area contributed by atoms with Crippen LogP contribution in [0, 0.1) is 17.5 Å². The van der Waals surface area contributed by atoms with E-state index in [0.717, 1.165) is 0 Å². The average molecular weight is 298 g/mol. The Kier molecular flexibility index (Phi) is 5.72. The summed E-state index contributed by atoms with van der Waals surface area (Å²) in [4.78, 5) is 11.4. The van der Waals surface area contributed by atoms with Crippen LogP contribution in [0.25, 0.3) is 0 Å². The molecule has 0 heterocycles. The predicted octanol–water partition coefficient (Wildman–Crippen LogP) is 3.66. The first-order valence-corrected chi connectivity index (χ1v) is 5.67. The van der Waals surface area contributed by atoms with Gasteiger partial charge >= 0.3 is 12.6 Å². The third kappa shape index (κ3) is 3.82. The molecule has 3 nitrogen and oxygen atoms in total. The van der Waals surface area contributed by atoms with Crippen molar-refractivity contribution in [1.29, 1.82) is 0 Å². The van der Waals surface area contributed by atoms with Gasteiger partial charge < -0.3 is 9.47 Å². The highest BCUT2D eigenvalue weighted by Gasteiger charge is 2.26. The highest BCUT2D eigenvalue weighted by atomic mass is 19.3. The Labute approximate surface area is 111 Å². The first kappa shape index (κ1) is 16.2. The molecule has 0 amide bonds. The molecule has 1 rings (SSSR count). The van der Waals surface area contributed by atoms with Crippen LogP contribution in [0.1, 0.15) is 30.1 Å². The molecule has 1 aromatic rings. The second-order valence-electron chi connectivity index (χ2n) is 3.73. The van der Waals surface area contributed by atoms with Crippen molar-refractivity contribution < 1.29 is 36.2 Å². The molecule has 0 aliphatic heterocycles. The number of hydrogen-bond donors (Lipinski definition) is 0. The minimum atomic E-state index is -3.53. The lowest BCUT2D eigenvalue weighted by Crippen LogP contribution is -2.13. The molecule has 0 fully saturated rings. The Hall–Kier alpha value is -1.86. The molecule has 112 valence electrons. The topological polar surface area (TPSA) is 35.5 Å². The highest BCUT2D eigenvalue weighted by molar-refractivity contribution is 5.90. The maximum atomic E-state index is 13.5. The number of hydrogen-bond acceptors (Lipinski definition) is 3. The van der Waals surface area contributed by atoms with E-state index in [1.165, 1.54) is 0 Å². The Morgan fingerprint density at radius 2 is 1.90 bits per heavy atom. The van der Waals surface area contributed by atoms with Gasteiger partial charge in [-0.15, -0.1) is 0 Å². The van der Waals surface area contributed by atoms with Gasteiger partial charge in [-0.05, 0) is 12.5 Å². The fraction of sp³-hybridized carbons (Fsp3) is 0.417. The van der Waals surface area contributed by atoms with E-state index in [2.05, 4.69) is 9.47 Å². The fourth-order valence-electron chi connectivity index (χ4n) is 1.31. The van der Waals surface area contributed by atoms with Gasteiger partial charge in [-0.1, -0.05) is 13.3 Å². The summed E-state index contributed by atoms with van der Waals surface area (Å²) in [6, 6.07) is 0.254. The van der Waals surface area contributed by atoms with E-state index in [1.54, 1.807) is 0 Å². The molecule has 20 heavy (non-hydrogen) atoms. The lowest BCUT2D eigenvalue weighted by Gasteiger charge is -2.10. The van der Waals surface area contributed by atoms with Crippen molar-refractivity contribution in [2.45, 2.75) is 26.4 Å². The van der Waals surface area contributed by atoms with Crippen molar-refractivity contribution >= 4 is 5.97 Å². The zero-order valence-corrected chi connectivity index (χ0v) is 10.4. The van der Waals surface area contributed by atoms with Gasteiger partial charge in [0.25, 0.3) is 0 Å². The third-order valence-electron chi connectivity index (χ3n) is 2.27. The van der Waals surface area contributed by atoms with Gasteiger partial charge in [-0.3, -0.25) is 0 Å². The number of halogens is 5. The van der Waals surface area contributed by atoms with Crippen molar-refractivity contribution in [3.8, 4) is 5.75 Å². The smallest absolute Gasteiger partial charge is 0.387 e. The lowest BCUT2D eigenvalue weighted by molar-refractivity contribution is -0.0550. The summed E-state index contributed by atoms with van der Waals surface area (Å²) >= 11 is 0. The Balaban J connectivity index is 3.03. The quantitative estimate of drug-likeness (QED) is 0.348. The molecule has 8 heteroatoms. The number of rotatable bonds is 6. The molecule has 0 aliphatic carbocycles. The van der Waals surface area contributed by atoms with Gasteiger partial charge in [0.15, 0.2) is 17.4 Å². The maximum absolute atomic E-state index is 13.5. The number of ether oxygens (including phenoxy) is 2. The Morgan fingerprint density at radius 3 is 2.45 bits per heavy atom. The van der Waals surface area contributed by atoms with Gasteiger partial charge in [0, 0.05) is 0 Å². The van der Waals surface area contributed by atoms with Crippen LogP contribution in [0.4, 0.5) is 22.0 Å². The number of carbonyl (C=O) groups is 1. The monoisotopic (exact) mass is 298 g/mol. The second kappa shape index (κ2) is 7.06. The summed E-state index contributed by atoms with van der Waals surface area (Å²) in [5, 5.41) is 0. The molecular formula is C12H11F5O3. The molecule has 0 bridgehead atoms. The zero-order chi connectivity index (χ0) is 15.3. The zero-order valence-electron chi connectivity index (χ0n) is 10.4. The standard InChI is InChI=1S/C12H11F5O3/c1-2-3-4-19-11(18)6-5-7(13)10(20-12(16)17)9(15)8(6)14/h5,12H,2-4H2,1H3. The van der Waals surface area contributed by atoms with Crippen LogP contribution in [0.5, 0.6) is 5.75 Å². The van der Waals surface area contributed by atoms with Crippen LogP contribution in [0.2, 0.25) is 0 Å². The lowest BCUT2D eigenvalue weighted by atomic mass is 10.2. The van der Waals surface area contributed by atoms with Crippen molar-refractivity contribution in [3.05, 3.63) is 29.1 Å². The molecule has 1 aromatic carbocycles. The average Bonchev–Trinajstić information content (AvgIpc) is 2.38. The minimum Gasteiger partial charge on any atom is -0.462 e.